The van der Waals surface area contributed by atoms with Gasteiger partial charge in [0.05, 0.1) is 11.1 Å². The first-order valence-corrected chi connectivity index (χ1v) is 19.0. The van der Waals surface area contributed by atoms with Crippen molar-refractivity contribution in [2.45, 2.75) is 156 Å². The molecule has 2 aliphatic rings. The Morgan fingerprint density at radius 3 is 1.21 bits per heavy atom. The number of hydrogen-bond acceptors (Lipinski definition) is 9. The van der Waals surface area contributed by atoms with Crippen molar-refractivity contribution in [2.75, 3.05) is 0 Å². The first kappa shape index (κ1) is 41.3. The number of benzene rings is 2. The Labute approximate surface area is 311 Å². The quantitative estimate of drug-likeness (QED) is 0.135. The van der Waals surface area contributed by atoms with Gasteiger partial charge >= 0.3 is 18.1 Å². The van der Waals surface area contributed by atoms with Crippen LogP contribution in [0.15, 0.2) is 48.5 Å². The number of carbonyl (C=O) groups is 3. The summed E-state index contributed by atoms with van der Waals surface area (Å²) in [6.07, 6.45) is 1.32. The van der Waals surface area contributed by atoms with Crippen molar-refractivity contribution in [2.24, 2.45) is 23.7 Å². The van der Waals surface area contributed by atoms with Gasteiger partial charge < -0.3 is 9.47 Å². The Hall–Kier alpha value is -3.43. The molecule has 0 N–H and O–H groups in total. The van der Waals surface area contributed by atoms with E-state index in [9.17, 15) is 14.4 Å². The van der Waals surface area contributed by atoms with Gasteiger partial charge in [0.2, 0.25) is 0 Å². The Morgan fingerprint density at radius 2 is 0.923 bits per heavy atom. The summed E-state index contributed by atoms with van der Waals surface area (Å²) in [7, 11) is 0. The van der Waals surface area contributed by atoms with Crippen LogP contribution in [0.4, 0.5) is 4.79 Å². The third-order valence-corrected chi connectivity index (χ3v) is 11.4. The summed E-state index contributed by atoms with van der Waals surface area (Å²) in [4.78, 5) is 62.2. The Kier molecular flexibility index (Phi) is 13.0. The van der Waals surface area contributed by atoms with Crippen molar-refractivity contribution in [1.82, 2.24) is 0 Å². The zero-order valence-electron chi connectivity index (χ0n) is 33.5. The lowest BCUT2D eigenvalue weighted by Crippen LogP contribution is -2.53. The van der Waals surface area contributed by atoms with Gasteiger partial charge in [0.25, 0.3) is 0 Å². The highest BCUT2D eigenvalue weighted by Gasteiger charge is 2.50. The van der Waals surface area contributed by atoms with Gasteiger partial charge in [-0.3, -0.25) is 9.78 Å². The minimum absolute atomic E-state index is 0.0546. The second-order valence-electron chi connectivity index (χ2n) is 18.2. The first-order valence-electron chi connectivity index (χ1n) is 19.0. The molecule has 2 aromatic rings. The predicted molar refractivity (Wildman–Crippen MR) is 200 cm³/mol. The second-order valence-corrected chi connectivity index (χ2v) is 18.2. The molecule has 0 amide bonds. The summed E-state index contributed by atoms with van der Waals surface area (Å²) >= 11 is 0. The normalized spacial score (nSPS) is 26.9. The number of rotatable bonds is 10. The van der Waals surface area contributed by atoms with Gasteiger partial charge in [-0.2, -0.15) is 9.78 Å². The molecule has 2 fully saturated rings. The molecule has 4 rings (SSSR count). The molecule has 9 nitrogen and oxygen atoms in total. The van der Waals surface area contributed by atoms with Gasteiger partial charge in [-0.25, -0.2) is 14.4 Å². The molecular weight excluding hydrogens is 660 g/mol. The predicted octanol–water partition coefficient (Wildman–Crippen LogP) is 10.5. The van der Waals surface area contributed by atoms with Crippen molar-refractivity contribution < 1.29 is 43.4 Å². The van der Waals surface area contributed by atoms with Crippen molar-refractivity contribution >= 4 is 18.1 Å². The van der Waals surface area contributed by atoms with Crippen LogP contribution in [0.3, 0.4) is 0 Å². The van der Waals surface area contributed by atoms with Gasteiger partial charge in [-0.15, -0.1) is 0 Å². The van der Waals surface area contributed by atoms with Gasteiger partial charge in [0, 0.05) is 0 Å². The van der Waals surface area contributed by atoms with Crippen LogP contribution in [-0.2, 0) is 39.9 Å². The average molecular weight is 723 g/mol. The van der Waals surface area contributed by atoms with E-state index in [2.05, 4.69) is 69.2 Å². The van der Waals surface area contributed by atoms with Gasteiger partial charge in [-0.1, -0.05) is 93.5 Å². The molecule has 0 saturated heterocycles. The zero-order valence-corrected chi connectivity index (χ0v) is 33.5. The average Bonchev–Trinajstić information content (AvgIpc) is 3.06. The van der Waals surface area contributed by atoms with E-state index in [0.717, 1.165) is 24.0 Å². The molecule has 52 heavy (non-hydrogen) atoms. The monoisotopic (exact) mass is 722 g/mol. The highest BCUT2D eigenvalue weighted by molar-refractivity contribution is 5.89. The fourth-order valence-electron chi connectivity index (χ4n) is 7.19. The first-order chi connectivity index (χ1) is 24.1. The van der Waals surface area contributed by atoms with Crippen LogP contribution in [0.5, 0.6) is 0 Å². The van der Waals surface area contributed by atoms with Crippen LogP contribution >= 0.6 is 0 Å². The second kappa shape index (κ2) is 16.3. The minimum Gasteiger partial charge on any atom is -0.425 e. The Bertz CT molecular complexity index is 1400. The third-order valence-electron chi connectivity index (χ3n) is 11.4. The summed E-state index contributed by atoms with van der Waals surface area (Å²) in [6.45, 7) is 24.8. The lowest BCUT2D eigenvalue weighted by Gasteiger charge is -2.45. The van der Waals surface area contributed by atoms with Crippen LogP contribution in [0.1, 0.15) is 153 Å². The van der Waals surface area contributed by atoms with Crippen LogP contribution in [0.25, 0.3) is 0 Å². The summed E-state index contributed by atoms with van der Waals surface area (Å²) < 4.78 is 12.2. The van der Waals surface area contributed by atoms with Gasteiger partial charge in [0.15, 0.2) is 0 Å². The van der Waals surface area contributed by atoms with Crippen LogP contribution < -0.4 is 0 Å². The lowest BCUT2D eigenvalue weighted by atomic mass is 9.73. The van der Waals surface area contributed by atoms with E-state index >= 15 is 0 Å². The summed E-state index contributed by atoms with van der Waals surface area (Å²) in [5.41, 5.74) is 0.551. The molecule has 0 aromatic heterocycles. The maximum atomic E-state index is 13.7. The van der Waals surface area contributed by atoms with Crippen LogP contribution in [0.2, 0.25) is 0 Å². The third kappa shape index (κ3) is 10.4. The molecule has 2 aromatic carbocycles. The standard InChI is InChI=1S/C43H62O9/c1-27(2)31-21-23-42(11,35(25-31)49-51-37(44)29-13-17-33(18-14-29)40(5,6)7)47-39(46)48-43(12)24-22-32(28(3)4)26-36(43)50-52-38(45)30-15-19-34(20-16-30)41(8,9)10/h13-20,27-28,31-32,35-36H,21-26H2,1-12H3. The Morgan fingerprint density at radius 1 is 0.596 bits per heavy atom. The molecule has 288 valence electrons. The molecule has 2 saturated carbocycles. The number of carbonyl (C=O) groups excluding carboxylic acids is 3. The molecule has 9 heteroatoms. The topological polar surface area (TPSA) is 107 Å². The summed E-state index contributed by atoms with van der Waals surface area (Å²) in [5, 5.41) is 0. The fraction of sp³-hybridized carbons (Fsp3) is 0.651. The van der Waals surface area contributed by atoms with E-state index in [1.807, 2.05) is 24.3 Å². The van der Waals surface area contributed by atoms with Crippen molar-refractivity contribution in [3.05, 3.63) is 70.8 Å². The van der Waals surface area contributed by atoms with Crippen molar-refractivity contribution in [3.63, 3.8) is 0 Å². The number of hydrogen-bond donors (Lipinski definition) is 0. The molecule has 6 unspecified atom stereocenters. The van der Waals surface area contributed by atoms with Gasteiger partial charge in [-0.05, 0) is 122 Å². The lowest BCUT2D eigenvalue weighted by molar-refractivity contribution is -0.327. The maximum Gasteiger partial charge on any atom is 0.509 e. The van der Waals surface area contributed by atoms with Crippen molar-refractivity contribution in [1.29, 1.82) is 0 Å². The molecule has 6 atom stereocenters. The largest absolute Gasteiger partial charge is 0.509 e. The molecular formula is C43H62O9. The highest BCUT2D eigenvalue weighted by Crippen LogP contribution is 2.43. The van der Waals surface area contributed by atoms with E-state index in [0.29, 0.717) is 48.6 Å². The molecule has 0 bridgehead atoms. The summed E-state index contributed by atoms with van der Waals surface area (Å²) in [5.74, 6) is 0.0369. The fourth-order valence-corrected chi connectivity index (χ4v) is 7.19. The highest BCUT2D eigenvalue weighted by atomic mass is 17.2. The van der Waals surface area contributed by atoms with Crippen LogP contribution in [0, 0.1) is 23.7 Å². The summed E-state index contributed by atoms with van der Waals surface area (Å²) in [6, 6.07) is 14.5. The van der Waals surface area contributed by atoms with Gasteiger partial charge in [0.1, 0.15) is 23.4 Å². The van der Waals surface area contributed by atoms with E-state index in [1.165, 1.54) is 0 Å². The SMILES string of the molecule is CC(C)C1CCC(C)(OC(=O)OC2(C)CCC(C(C)C)CC2OOC(=O)c2ccc(C(C)(C)C)cc2)C(OOC(=O)c2ccc(C(C)(C)C)cc2)C1. The van der Waals surface area contributed by atoms with E-state index in [-0.39, 0.29) is 22.7 Å². The van der Waals surface area contributed by atoms with Crippen molar-refractivity contribution in [3.8, 4) is 0 Å². The minimum atomic E-state index is -1.13. The Balaban J connectivity index is 1.45. The number of ether oxygens (including phenoxy) is 2. The van der Waals surface area contributed by atoms with Crippen LogP contribution in [-0.4, -0.2) is 41.5 Å². The van der Waals surface area contributed by atoms with E-state index in [1.54, 1.807) is 38.1 Å². The molecule has 0 aliphatic heterocycles. The smallest absolute Gasteiger partial charge is 0.425 e. The molecule has 0 spiro atoms. The maximum absolute atomic E-state index is 13.7. The molecule has 0 heterocycles. The molecule has 2 aliphatic carbocycles. The zero-order chi connectivity index (χ0) is 38.6. The van der Waals surface area contributed by atoms with E-state index < -0.39 is 41.5 Å². The molecule has 0 radical (unpaired) electrons. The van der Waals surface area contributed by atoms with E-state index in [4.69, 9.17) is 29.0 Å².